The molecule has 1 saturated heterocycles. The van der Waals surface area contributed by atoms with Crippen molar-refractivity contribution in [1.29, 1.82) is 0 Å². The molecule has 1 aromatic rings. The minimum Gasteiger partial charge on any atom is -0.480 e. The fourth-order valence-corrected chi connectivity index (χ4v) is 1.75. The molecule has 86 valence electrons. The average Bonchev–Trinajstić information content (AvgIpc) is 2.71. The van der Waals surface area contributed by atoms with Crippen LogP contribution in [0.5, 0.6) is 0 Å². The van der Waals surface area contributed by atoms with E-state index in [1.165, 1.54) is 0 Å². The highest BCUT2D eigenvalue weighted by Gasteiger charge is 2.41. The molecular weight excluding hydrogens is 214 g/mol. The van der Waals surface area contributed by atoms with E-state index in [1.807, 2.05) is 0 Å². The molecule has 1 aromatic heterocycles. The summed E-state index contributed by atoms with van der Waals surface area (Å²) in [6, 6.07) is -0.984. The zero-order valence-corrected chi connectivity index (χ0v) is 8.85. The van der Waals surface area contributed by atoms with Crippen molar-refractivity contribution in [2.75, 3.05) is 11.5 Å². The van der Waals surface area contributed by atoms with Gasteiger partial charge in [-0.2, -0.15) is 5.10 Å². The molecule has 7 nitrogen and oxygen atoms in total. The van der Waals surface area contributed by atoms with Gasteiger partial charge in [0, 0.05) is 0 Å². The minimum absolute atomic E-state index is 0.141. The fraction of sp³-hybridized carbons (Fsp3) is 0.444. The number of hydrogen-bond acceptors (Lipinski definition) is 4. The average molecular weight is 225 g/mol. The molecule has 2 N–H and O–H groups in total. The Hall–Kier alpha value is -2.05. The number of anilines is 1. The van der Waals surface area contributed by atoms with Crippen molar-refractivity contribution in [2.45, 2.75) is 19.9 Å². The third-order valence-corrected chi connectivity index (χ3v) is 2.49. The molecule has 1 aliphatic rings. The Morgan fingerprint density at radius 1 is 1.62 bits per heavy atom. The smallest absolute Gasteiger partial charge is 0.415 e. The summed E-state index contributed by atoms with van der Waals surface area (Å²) >= 11 is 0. The van der Waals surface area contributed by atoms with Crippen molar-refractivity contribution in [3.63, 3.8) is 0 Å². The first kappa shape index (κ1) is 10.5. The molecule has 0 spiro atoms. The van der Waals surface area contributed by atoms with Gasteiger partial charge in [0.2, 0.25) is 0 Å². The number of H-pyrrole nitrogens is 1. The summed E-state index contributed by atoms with van der Waals surface area (Å²) in [5.41, 5.74) is 1.69. The molecular formula is C9H11N3O4. The third-order valence-electron chi connectivity index (χ3n) is 2.49. The van der Waals surface area contributed by atoms with Crippen molar-refractivity contribution >= 4 is 17.7 Å². The van der Waals surface area contributed by atoms with Gasteiger partial charge in [0.15, 0.2) is 6.04 Å². The second-order valence-corrected chi connectivity index (χ2v) is 3.58. The Balaban J connectivity index is 2.45. The van der Waals surface area contributed by atoms with E-state index in [-0.39, 0.29) is 6.61 Å². The van der Waals surface area contributed by atoms with Gasteiger partial charge < -0.3 is 9.84 Å². The lowest BCUT2D eigenvalue weighted by Crippen LogP contribution is -2.40. The van der Waals surface area contributed by atoms with Crippen LogP contribution in [-0.4, -0.2) is 40.0 Å². The first-order valence-corrected chi connectivity index (χ1v) is 4.72. The van der Waals surface area contributed by atoms with E-state index in [0.717, 1.165) is 4.90 Å². The van der Waals surface area contributed by atoms with Crippen LogP contribution in [0.15, 0.2) is 0 Å². The van der Waals surface area contributed by atoms with Crippen LogP contribution in [0.1, 0.15) is 11.4 Å². The van der Waals surface area contributed by atoms with Crippen molar-refractivity contribution in [3.8, 4) is 0 Å². The van der Waals surface area contributed by atoms with Crippen LogP contribution in [0.2, 0.25) is 0 Å². The van der Waals surface area contributed by atoms with E-state index in [9.17, 15) is 9.59 Å². The zero-order chi connectivity index (χ0) is 11.9. The molecule has 0 aliphatic carbocycles. The van der Waals surface area contributed by atoms with Gasteiger partial charge in [-0.25, -0.2) is 9.59 Å². The maximum Gasteiger partial charge on any atom is 0.415 e. The molecule has 1 aliphatic heterocycles. The molecule has 1 fully saturated rings. The molecule has 2 heterocycles. The van der Waals surface area contributed by atoms with Gasteiger partial charge in [-0.15, -0.1) is 0 Å². The molecule has 1 amide bonds. The summed E-state index contributed by atoms with van der Waals surface area (Å²) in [5.74, 6) is -1.09. The summed E-state index contributed by atoms with van der Waals surface area (Å²) in [6.45, 7) is 3.28. The van der Waals surface area contributed by atoms with E-state index < -0.39 is 18.1 Å². The Bertz CT molecular complexity index is 434. The second kappa shape index (κ2) is 3.51. The number of aryl methyl sites for hydroxylation is 2. The van der Waals surface area contributed by atoms with Gasteiger partial charge in [-0.1, -0.05) is 0 Å². The van der Waals surface area contributed by atoms with Crippen molar-refractivity contribution in [2.24, 2.45) is 0 Å². The number of amides is 1. The van der Waals surface area contributed by atoms with E-state index in [2.05, 4.69) is 10.2 Å². The number of rotatable bonds is 2. The summed E-state index contributed by atoms with van der Waals surface area (Å²) in [5, 5.41) is 15.6. The summed E-state index contributed by atoms with van der Waals surface area (Å²) in [7, 11) is 0. The van der Waals surface area contributed by atoms with E-state index in [4.69, 9.17) is 9.84 Å². The van der Waals surface area contributed by atoms with E-state index >= 15 is 0 Å². The van der Waals surface area contributed by atoms with Crippen LogP contribution in [-0.2, 0) is 9.53 Å². The Morgan fingerprint density at radius 3 is 2.81 bits per heavy atom. The molecule has 0 saturated carbocycles. The van der Waals surface area contributed by atoms with Gasteiger partial charge in [-0.05, 0) is 13.8 Å². The topological polar surface area (TPSA) is 95.5 Å². The maximum atomic E-state index is 11.5. The molecule has 7 heteroatoms. The quantitative estimate of drug-likeness (QED) is 0.761. The van der Waals surface area contributed by atoms with Crippen molar-refractivity contribution in [3.05, 3.63) is 11.4 Å². The SMILES string of the molecule is Cc1n[nH]c(C)c1N1C(=O)OCC1C(=O)O. The van der Waals surface area contributed by atoms with Crippen LogP contribution in [0.3, 0.4) is 0 Å². The number of nitrogens with one attached hydrogen (secondary N) is 1. The first-order chi connectivity index (χ1) is 7.52. The number of cyclic esters (lactones) is 1. The standard InChI is InChI=1S/C9H11N3O4/c1-4-7(5(2)11-10-4)12-6(8(13)14)3-16-9(12)15/h6H,3H2,1-2H3,(H,10,11)(H,13,14). The lowest BCUT2D eigenvalue weighted by atomic mass is 10.2. The highest BCUT2D eigenvalue weighted by Crippen LogP contribution is 2.28. The van der Waals surface area contributed by atoms with Gasteiger partial charge in [0.1, 0.15) is 6.61 Å². The van der Waals surface area contributed by atoms with Crippen molar-refractivity contribution < 1.29 is 19.4 Å². The monoisotopic (exact) mass is 225 g/mol. The number of aromatic nitrogens is 2. The minimum atomic E-state index is -1.09. The molecule has 16 heavy (non-hydrogen) atoms. The molecule has 0 radical (unpaired) electrons. The number of carbonyl (C=O) groups is 2. The number of carbonyl (C=O) groups excluding carboxylic acids is 1. The Labute approximate surface area is 91.0 Å². The van der Waals surface area contributed by atoms with E-state index in [0.29, 0.717) is 17.1 Å². The van der Waals surface area contributed by atoms with Gasteiger partial charge in [0.05, 0.1) is 17.1 Å². The van der Waals surface area contributed by atoms with E-state index in [1.54, 1.807) is 13.8 Å². The Morgan fingerprint density at radius 2 is 2.31 bits per heavy atom. The predicted octanol–water partition coefficient (Wildman–Crippen LogP) is 0.436. The first-order valence-electron chi connectivity index (χ1n) is 4.72. The largest absolute Gasteiger partial charge is 0.480 e. The normalized spacial score (nSPS) is 20.0. The van der Waals surface area contributed by atoms with Crippen LogP contribution in [0, 0.1) is 13.8 Å². The molecule has 1 unspecified atom stereocenters. The van der Waals surface area contributed by atoms with Crippen LogP contribution in [0.25, 0.3) is 0 Å². The van der Waals surface area contributed by atoms with Crippen LogP contribution >= 0.6 is 0 Å². The van der Waals surface area contributed by atoms with Gasteiger partial charge >= 0.3 is 12.1 Å². The number of hydrogen-bond donors (Lipinski definition) is 2. The number of nitrogens with zero attached hydrogens (tertiary/aromatic N) is 2. The predicted molar refractivity (Wildman–Crippen MR) is 53.3 cm³/mol. The third kappa shape index (κ3) is 1.40. The summed E-state index contributed by atoms with van der Waals surface area (Å²) in [4.78, 5) is 23.6. The number of aliphatic carboxylic acids is 1. The van der Waals surface area contributed by atoms with Gasteiger partial charge in [0.25, 0.3) is 0 Å². The summed E-state index contributed by atoms with van der Waals surface area (Å²) < 4.78 is 4.74. The number of ether oxygens (including phenoxy) is 1. The van der Waals surface area contributed by atoms with Crippen molar-refractivity contribution in [1.82, 2.24) is 10.2 Å². The number of carboxylic acid groups (broad SMARTS) is 1. The molecule has 0 bridgehead atoms. The zero-order valence-electron chi connectivity index (χ0n) is 8.85. The molecule has 2 rings (SSSR count). The second-order valence-electron chi connectivity index (χ2n) is 3.58. The Kier molecular flexibility index (Phi) is 2.30. The molecule has 1 atom stereocenters. The number of carboxylic acids is 1. The highest BCUT2D eigenvalue weighted by atomic mass is 16.6. The van der Waals surface area contributed by atoms with Crippen LogP contribution in [0.4, 0.5) is 10.5 Å². The molecule has 0 aromatic carbocycles. The lowest BCUT2D eigenvalue weighted by molar-refractivity contribution is -0.138. The number of aromatic amines is 1. The maximum absolute atomic E-state index is 11.5. The van der Waals surface area contributed by atoms with Crippen LogP contribution < -0.4 is 4.90 Å². The summed E-state index contributed by atoms with van der Waals surface area (Å²) in [6.07, 6.45) is -0.653. The van der Waals surface area contributed by atoms with Gasteiger partial charge in [-0.3, -0.25) is 10.00 Å². The highest BCUT2D eigenvalue weighted by molar-refractivity contribution is 5.98. The lowest BCUT2D eigenvalue weighted by Gasteiger charge is -2.17. The fourth-order valence-electron chi connectivity index (χ4n) is 1.75.